The molecule has 3 aromatic rings. The van der Waals surface area contributed by atoms with Gasteiger partial charge in [0.05, 0.1) is 27.4 Å². The molecule has 0 aliphatic rings. The number of hydrogen-bond donors (Lipinski definition) is 1. The maximum atomic E-state index is 13.1. The van der Waals surface area contributed by atoms with E-state index in [4.69, 9.17) is 14.2 Å². The first kappa shape index (κ1) is 32.2. The van der Waals surface area contributed by atoms with Gasteiger partial charge in [0.25, 0.3) is 0 Å². The van der Waals surface area contributed by atoms with Gasteiger partial charge in [-0.3, -0.25) is 4.79 Å². The van der Waals surface area contributed by atoms with Crippen molar-refractivity contribution < 1.29 is 24.1 Å². The summed E-state index contributed by atoms with van der Waals surface area (Å²) in [6.45, 7) is 3.11. The van der Waals surface area contributed by atoms with Crippen LogP contribution in [0.15, 0.2) is 78.9 Å². The van der Waals surface area contributed by atoms with Gasteiger partial charge in [-0.25, -0.2) is 0 Å². The molecule has 0 bridgehead atoms. The van der Waals surface area contributed by atoms with Crippen molar-refractivity contribution in [2.24, 2.45) is 0 Å². The molecule has 0 fully saturated rings. The number of aliphatic hydroxyl groups is 1. The summed E-state index contributed by atoms with van der Waals surface area (Å²) < 4.78 is 17.7. The van der Waals surface area contributed by atoms with Crippen LogP contribution in [0.1, 0.15) is 75.0 Å². The molecule has 0 aromatic heterocycles. The number of aliphatic hydroxyl groups excluding tert-OH is 1. The Morgan fingerprint density at radius 2 is 1.22 bits per heavy atom. The summed E-state index contributed by atoms with van der Waals surface area (Å²) in [5, 5.41) is 9.71. The number of unbranched alkanes of at least 4 members (excludes halogenated alkanes) is 6. The maximum Gasteiger partial charge on any atom is 0.222 e. The van der Waals surface area contributed by atoms with E-state index in [1.807, 2.05) is 66.7 Å². The monoisotopic (exact) mass is 561 g/mol. The topological polar surface area (TPSA) is 68.2 Å². The molecule has 1 N–H and O–H groups in total. The highest BCUT2D eigenvalue weighted by Crippen LogP contribution is 2.41. The van der Waals surface area contributed by atoms with Crippen molar-refractivity contribution in [1.29, 1.82) is 0 Å². The van der Waals surface area contributed by atoms with Crippen LogP contribution in [0.2, 0.25) is 0 Å². The van der Waals surface area contributed by atoms with Gasteiger partial charge in [0.15, 0.2) is 0 Å². The van der Waals surface area contributed by atoms with Crippen molar-refractivity contribution in [2.45, 2.75) is 63.9 Å². The lowest BCUT2D eigenvalue weighted by molar-refractivity contribution is -0.133. The summed E-state index contributed by atoms with van der Waals surface area (Å²) in [5.41, 5.74) is 1.92. The van der Waals surface area contributed by atoms with E-state index in [0.29, 0.717) is 19.5 Å². The molecule has 0 spiro atoms. The van der Waals surface area contributed by atoms with E-state index in [2.05, 4.69) is 19.1 Å². The average molecular weight is 562 g/mol. The summed E-state index contributed by atoms with van der Waals surface area (Å²) >= 11 is 0. The fourth-order valence-corrected chi connectivity index (χ4v) is 5.26. The normalized spacial score (nSPS) is 11.3. The van der Waals surface area contributed by atoms with Gasteiger partial charge in [-0.1, -0.05) is 100 Å². The minimum absolute atomic E-state index is 0.0652. The first-order valence-electron chi connectivity index (χ1n) is 15.0. The summed E-state index contributed by atoms with van der Waals surface area (Å²) in [4.78, 5) is 14.8. The Hall–Kier alpha value is -3.35. The van der Waals surface area contributed by atoms with Crippen LogP contribution in [0, 0.1) is 0 Å². The molecule has 0 radical (unpaired) electrons. The van der Waals surface area contributed by atoms with Gasteiger partial charge in [-0.05, 0) is 47.4 Å². The molecule has 3 aromatic carbocycles. The van der Waals surface area contributed by atoms with Crippen LogP contribution in [0.3, 0.4) is 0 Å². The molecule has 3 rings (SSSR count). The van der Waals surface area contributed by atoms with E-state index in [-0.39, 0.29) is 19.1 Å². The van der Waals surface area contributed by atoms with Crippen molar-refractivity contribution in [3.63, 3.8) is 0 Å². The summed E-state index contributed by atoms with van der Waals surface area (Å²) in [6, 6.07) is 25.9. The molecule has 6 heteroatoms. The molecule has 41 heavy (non-hydrogen) atoms. The molecule has 0 unspecified atom stereocenters. The lowest BCUT2D eigenvalue weighted by atomic mass is 9.80. The maximum absolute atomic E-state index is 13.1. The summed E-state index contributed by atoms with van der Waals surface area (Å²) in [7, 11) is 3.30. The van der Waals surface area contributed by atoms with Crippen LogP contribution in [-0.4, -0.2) is 56.4 Å². The quantitative estimate of drug-likeness (QED) is 0.126. The van der Waals surface area contributed by atoms with Gasteiger partial charge in [0.1, 0.15) is 17.1 Å². The summed E-state index contributed by atoms with van der Waals surface area (Å²) in [6.07, 6.45) is 8.61. The van der Waals surface area contributed by atoms with Crippen LogP contribution < -0.4 is 9.47 Å². The van der Waals surface area contributed by atoms with Gasteiger partial charge in [-0.15, -0.1) is 0 Å². The van der Waals surface area contributed by atoms with Crippen LogP contribution in [0.5, 0.6) is 11.5 Å². The molecule has 6 nitrogen and oxygen atoms in total. The number of methoxy groups -OCH3 is 2. The third-order valence-electron chi connectivity index (χ3n) is 7.57. The van der Waals surface area contributed by atoms with Crippen molar-refractivity contribution in [1.82, 2.24) is 4.90 Å². The van der Waals surface area contributed by atoms with Crippen LogP contribution in [-0.2, 0) is 15.1 Å². The highest BCUT2D eigenvalue weighted by atomic mass is 16.5. The molecule has 222 valence electrons. The molecular weight excluding hydrogens is 514 g/mol. The largest absolute Gasteiger partial charge is 0.497 e. The Labute approximate surface area is 246 Å². The fraction of sp³-hybridized carbons (Fsp3) is 0.457. The molecule has 1 amide bonds. The third-order valence-corrected chi connectivity index (χ3v) is 7.57. The highest BCUT2D eigenvalue weighted by Gasteiger charge is 2.38. The van der Waals surface area contributed by atoms with Crippen LogP contribution >= 0.6 is 0 Å². The number of benzene rings is 3. The lowest BCUT2D eigenvalue weighted by Crippen LogP contribution is -2.39. The number of rotatable bonds is 19. The van der Waals surface area contributed by atoms with Gasteiger partial charge in [0.2, 0.25) is 5.91 Å². The van der Waals surface area contributed by atoms with E-state index in [9.17, 15) is 9.90 Å². The van der Waals surface area contributed by atoms with E-state index >= 15 is 0 Å². The Balaban J connectivity index is 1.83. The molecule has 0 heterocycles. The molecule has 0 saturated heterocycles. The SMILES string of the molecule is CCCCCCCCCC(=O)N(CCO)CCOC(c1ccccc1)(c1ccc(OC)cc1)c1ccc(OC)cc1. The average Bonchev–Trinajstić information content (AvgIpc) is 3.03. The van der Waals surface area contributed by atoms with E-state index in [1.165, 1.54) is 32.1 Å². The zero-order chi connectivity index (χ0) is 29.3. The molecule has 0 atom stereocenters. The second-order valence-electron chi connectivity index (χ2n) is 10.3. The van der Waals surface area contributed by atoms with Gasteiger partial charge < -0.3 is 24.2 Å². The predicted molar refractivity (Wildman–Crippen MR) is 165 cm³/mol. The van der Waals surface area contributed by atoms with Crippen molar-refractivity contribution in [2.75, 3.05) is 40.5 Å². The minimum atomic E-state index is -0.938. The first-order valence-corrected chi connectivity index (χ1v) is 15.0. The van der Waals surface area contributed by atoms with Gasteiger partial charge in [0, 0.05) is 19.5 Å². The lowest BCUT2D eigenvalue weighted by Gasteiger charge is -2.37. The number of nitrogens with zero attached hydrogens (tertiary/aromatic N) is 1. The number of amides is 1. The Kier molecular flexibility index (Phi) is 13.7. The molecule has 0 saturated carbocycles. The number of carbonyl (C=O) groups is 1. The van der Waals surface area contributed by atoms with Crippen molar-refractivity contribution in [3.05, 3.63) is 95.6 Å². The predicted octanol–water partition coefficient (Wildman–Crippen LogP) is 6.97. The minimum Gasteiger partial charge on any atom is -0.497 e. The standard InChI is InChI=1S/C35H47NO5/c1-4-5-6-7-8-9-13-16-34(38)36(25-27-37)26-28-41-35(29-14-11-10-12-15-29,30-17-21-32(39-2)22-18-30)31-19-23-33(40-3)24-20-31/h10-12,14-15,17-24,37H,4-9,13,16,25-28H2,1-3H3. The zero-order valence-electron chi connectivity index (χ0n) is 25.0. The van der Waals surface area contributed by atoms with Gasteiger partial charge >= 0.3 is 0 Å². The van der Waals surface area contributed by atoms with Crippen LogP contribution in [0.4, 0.5) is 0 Å². The second-order valence-corrected chi connectivity index (χ2v) is 10.3. The number of ether oxygens (including phenoxy) is 3. The molecule has 0 aliphatic carbocycles. The van der Waals surface area contributed by atoms with E-state index in [0.717, 1.165) is 41.0 Å². The first-order chi connectivity index (χ1) is 20.1. The number of carbonyl (C=O) groups excluding carboxylic acids is 1. The molecular formula is C35H47NO5. The Bertz CT molecular complexity index is 1080. The van der Waals surface area contributed by atoms with Crippen molar-refractivity contribution >= 4 is 5.91 Å². The Morgan fingerprint density at radius 1 is 0.707 bits per heavy atom. The fourth-order valence-electron chi connectivity index (χ4n) is 5.26. The second kappa shape index (κ2) is 17.5. The van der Waals surface area contributed by atoms with Crippen molar-refractivity contribution in [3.8, 4) is 11.5 Å². The highest BCUT2D eigenvalue weighted by molar-refractivity contribution is 5.76. The third kappa shape index (κ3) is 9.07. The summed E-state index contributed by atoms with van der Waals surface area (Å²) in [5.74, 6) is 1.58. The molecule has 0 aliphatic heterocycles. The smallest absolute Gasteiger partial charge is 0.222 e. The Morgan fingerprint density at radius 3 is 1.73 bits per heavy atom. The van der Waals surface area contributed by atoms with Crippen LogP contribution in [0.25, 0.3) is 0 Å². The van der Waals surface area contributed by atoms with Gasteiger partial charge in [-0.2, -0.15) is 0 Å². The number of hydrogen-bond acceptors (Lipinski definition) is 5. The van der Waals surface area contributed by atoms with E-state index in [1.54, 1.807) is 19.1 Å². The van der Waals surface area contributed by atoms with E-state index < -0.39 is 5.60 Å². The zero-order valence-corrected chi connectivity index (χ0v) is 25.0.